The van der Waals surface area contributed by atoms with Gasteiger partial charge in [0.15, 0.2) is 0 Å². The number of nitrogens with one attached hydrogen (secondary N) is 1. The Kier molecular flexibility index (Phi) is 4.32. The minimum absolute atomic E-state index is 0.592. The van der Waals surface area contributed by atoms with Crippen LogP contribution in [0.5, 0.6) is 0 Å². The number of hydrogen-bond donors (Lipinski definition) is 1. The average molecular weight is 242 g/mol. The predicted octanol–water partition coefficient (Wildman–Crippen LogP) is 3.76. The first-order valence-corrected chi connectivity index (χ1v) is 6.77. The van der Waals surface area contributed by atoms with Gasteiger partial charge in [-0.2, -0.15) is 0 Å². The lowest BCUT2D eigenvalue weighted by atomic mass is 10.0. The van der Waals surface area contributed by atoms with E-state index in [4.69, 9.17) is 0 Å². The van der Waals surface area contributed by atoms with E-state index in [1.54, 1.807) is 0 Å². The van der Waals surface area contributed by atoms with Crippen molar-refractivity contribution < 1.29 is 0 Å². The van der Waals surface area contributed by atoms with Crippen molar-refractivity contribution in [2.24, 2.45) is 5.92 Å². The Hall–Kier alpha value is -1.41. The maximum absolute atomic E-state index is 4.34. The Bertz CT molecular complexity index is 505. The minimum atomic E-state index is 0.592. The highest BCUT2D eigenvalue weighted by molar-refractivity contribution is 5.78. The van der Waals surface area contributed by atoms with E-state index in [2.05, 4.69) is 55.3 Å². The number of pyridine rings is 1. The van der Waals surface area contributed by atoms with Crippen LogP contribution in [0.4, 0.5) is 0 Å². The highest BCUT2D eigenvalue weighted by atomic mass is 14.9. The van der Waals surface area contributed by atoms with Crippen molar-refractivity contribution in [1.82, 2.24) is 10.3 Å². The third-order valence-corrected chi connectivity index (χ3v) is 3.48. The first kappa shape index (κ1) is 13.0. The number of fused-ring (bicyclic) bond motifs is 1. The molecule has 1 atom stereocenters. The largest absolute Gasteiger partial charge is 0.310 e. The first-order valence-electron chi connectivity index (χ1n) is 6.77. The lowest BCUT2D eigenvalue weighted by Crippen LogP contribution is -2.32. The van der Waals surface area contributed by atoms with Crippen LogP contribution in [0.15, 0.2) is 36.5 Å². The second-order valence-corrected chi connectivity index (χ2v) is 5.17. The van der Waals surface area contributed by atoms with Crippen molar-refractivity contribution >= 4 is 10.9 Å². The lowest BCUT2D eigenvalue weighted by Gasteiger charge is -2.20. The van der Waals surface area contributed by atoms with Crippen LogP contribution in [0.2, 0.25) is 0 Å². The summed E-state index contributed by atoms with van der Waals surface area (Å²) < 4.78 is 0. The first-order chi connectivity index (χ1) is 8.70. The van der Waals surface area contributed by atoms with Gasteiger partial charge in [0.2, 0.25) is 0 Å². The molecule has 0 aliphatic carbocycles. The molecule has 2 aromatic rings. The molecule has 0 bridgehead atoms. The summed E-state index contributed by atoms with van der Waals surface area (Å²) in [4.78, 5) is 4.34. The number of hydrogen-bond acceptors (Lipinski definition) is 2. The highest BCUT2D eigenvalue weighted by Gasteiger charge is 2.09. The number of rotatable bonds is 5. The molecule has 2 nitrogen and oxygen atoms in total. The Morgan fingerprint density at radius 3 is 2.78 bits per heavy atom. The molecule has 0 fully saturated rings. The second kappa shape index (κ2) is 5.96. The minimum Gasteiger partial charge on any atom is -0.310 e. The van der Waals surface area contributed by atoms with Crippen LogP contribution >= 0.6 is 0 Å². The van der Waals surface area contributed by atoms with Crippen molar-refractivity contribution in [2.45, 2.75) is 39.8 Å². The average Bonchev–Trinajstić information content (AvgIpc) is 2.39. The van der Waals surface area contributed by atoms with Crippen LogP contribution in [0.3, 0.4) is 0 Å². The fraction of sp³-hybridized carbons (Fsp3) is 0.438. The summed E-state index contributed by atoms with van der Waals surface area (Å²) in [6, 6.07) is 11.2. The summed E-state index contributed by atoms with van der Waals surface area (Å²) in [5, 5.41) is 4.85. The van der Waals surface area contributed by atoms with Crippen LogP contribution in [0.25, 0.3) is 10.9 Å². The molecule has 18 heavy (non-hydrogen) atoms. The molecule has 96 valence electrons. The fourth-order valence-electron chi connectivity index (χ4n) is 2.34. The zero-order chi connectivity index (χ0) is 13.0. The van der Waals surface area contributed by atoms with E-state index in [0.717, 1.165) is 12.1 Å². The zero-order valence-corrected chi connectivity index (χ0v) is 11.5. The van der Waals surface area contributed by atoms with E-state index in [1.807, 2.05) is 12.3 Å². The molecule has 0 spiro atoms. The monoisotopic (exact) mass is 242 g/mol. The molecule has 1 aromatic heterocycles. The summed E-state index contributed by atoms with van der Waals surface area (Å²) in [5.74, 6) is 0.678. The summed E-state index contributed by atoms with van der Waals surface area (Å²) in [6.07, 6.45) is 3.01. The van der Waals surface area contributed by atoms with Crippen molar-refractivity contribution in [3.8, 4) is 0 Å². The van der Waals surface area contributed by atoms with Gasteiger partial charge >= 0.3 is 0 Å². The maximum atomic E-state index is 4.34. The number of aromatic nitrogens is 1. The van der Waals surface area contributed by atoms with E-state index in [0.29, 0.717) is 12.0 Å². The molecule has 0 aliphatic heterocycles. The third-order valence-electron chi connectivity index (χ3n) is 3.48. The molecule has 1 heterocycles. The Morgan fingerprint density at radius 2 is 2.06 bits per heavy atom. The van der Waals surface area contributed by atoms with Crippen LogP contribution < -0.4 is 5.32 Å². The summed E-state index contributed by atoms with van der Waals surface area (Å²) in [7, 11) is 0. The van der Waals surface area contributed by atoms with Gasteiger partial charge in [0.05, 0.1) is 5.52 Å². The summed E-state index contributed by atoms with van der Waals surface area (Å²) >= 11 is 0. The zero-order valence-electron chi connectivity index (χ0n) is 11.5. The molecule has 0 aliphatic rings. The Labute approximate surface area is 109 Å². The van der Waals surface area contributed by atoms with Gasteiger partial charge in [-0.15, -0.1) is 0 Å². The van der Waals surface area contributed by atoms with E-state index < -0.39 is 0 Å². The molecule has 0 saturated heterocycles. The highest BCUT2D eigenvalue weighted by Crippen LogP contribution is 2.14. The molecule has 0 amide bonds. The van der Waals surface area contributed by atoms with Crippen LogP contribution in [0.1, 0.15) is 32.8 Å². The van der Waals surface area contributed by atoms with Crippen molar-refractivity contribution in [1.29, 1.82) is 0 Å². The molecule has 1 unspecified atom stereocenters. The normalized spacial score (nSPS) is 13.1. The van der Waals surface area contributed by atoms with Gasteiger partial charge in [-0.3, -0.25) is 4.98 Å². The number of nitrogens with zero attached hydrogens (tertiary/aromatic N) is 1. The molecule has 1 N–H and O–H groups in total. The Morgan fingerprint density at radius 1 is 1.22 bits per heavy atom. The van der Waals surface area contributed by atoms with Gasteiger partial charge in [0.1, 0.15) is 0 Å². The van der Waals surface area contributed by atoms with Crippen LogP contribution in [-0.2, 0) is 6.54 Å². The van der Waals surface area contributed by atoms with Gasteiger partial charge in [-0.05, 0) is 36.1 Å². The fourth-order valence-corrected chi connectivity index (χ4v) is 2.34. The quantitative estimate of drug-likeness (QED) is 0.863. The van der Waals surface area contributed by atoms with E-state index in [9.17, 15) is 0 Å². The standard InChI is InChI=1S/C16H22N2/c1-4-15(12(2)3)18-11-13-7-8-16-14(10-13)6-5-9-17-16/h5-10,12,15,18H,4,11H2,1-3H3. The molecule has 0 saturated carbocycles. The maximum Gasteiger partial charge on any atom is 0.0702 e. The topological polar surface area (TPSA) is 24.9 Å². The van der Waals surface area contributed by atoms with E-state index >= 15 is 0 Å². The SMILES string of the molecule is CCC(NCc1ccc2ncccc2c1)C(C)C. The van der Waals surface area contributed by atoms with Crippen molar-refractivity contribution in [3.63, 3.8) is 0 Å². The van der Waals surface area contributed by atoms with Gasteiger partial charge in [-0.1, -0.05) is 32.9 Å². The van der Waals surface area contributed by atoms with Crippen molar-refractivity contribution in [3.05, 3.63) is 42.1 Å². The molecule has 0 radical (unpaired) electrons. The molecule has 2 heteroatoms. The van der Waals surface area contributed by atoms with E-state index in [-0.39, 0.29) is 0 Å². The third kappa shape index (κ3) is 3.08. The van der Waals surface area contributed by atoms with Gasteiger partial charge in [-0.25, -0.2) is 0 Å². The second-order valence-electron chi connectivity index (χ2n) is 5.17. The number of benzene rings is 1. The molecular weight excluding hydrogens is 220 g/mol. The smallest absolute Gasteiger partial charge is 0.0702 e. The Balaban J connectivity index is 2.07. The lowest BCUT2D eigenvalue weighted by molar-refractivity contribution is 0.387. The van der Waals surface area contributed by atoms with Crippen molar-refractivity contribution in [2.75, 3.05) is 0 Å². The predicted molar refractivity (Wildman–Crippen MR) is 77.5 cm³/mol. The van der Waals surface area contributed by atoms with Crippen LogP contribution in [0, 0.1) is 5.92 Å². The summed E-state index contributed by atoms with van der Waals surface area (Å²) in [5.41, 5.74) is 2.40. The van der Waals surface area contributed by atoms with E-state index in [1.165, 1.54) is 17.4 Å². The molecular formula is C16H22N2. The van der Waals surface area contributed by atoms with Gasteiger partial charge in [0, 0.05) is 24.2 Å². The van der Waals surface area contributed by atoms with Crippen LogP contribution in [-0.4, -0.2) is 11.0 Å². The molecule has 2 rings (SSSR count). The van der Waals surface area contributed by atoms with Gasteiger partial charge < -0.3 is 5.32 Å². The molecule has 1 aromatic carbocycles. The summed E-state index contributed by atoms with van der Waals surface area (Å²) in [6.45, 7) is 7.71. The van der Waals surface area contributed by atoms with Gasteiger partial charge in [0.25, 0.3) is 0 Å².